The summed E-state index contributed by atoms with van der Waals surface area (Å²) in [4.78, 5) is 13.4. The van der Waals surface area contributed by atoms with Crippen LogP contribution >= 0.6 is 0 Å². The van der Waals surface area contributed by atoms with Crippen LogP contribution in [-0.4, -0.2) is 43.3 Å². The third-order valence-electron chi connectivity index (χ3n) is 2.64. The molecular weight excluding hydrogens is 204 g/mol. The summed E-state index contributed by atoms with van der Waals surface area (Å²) in [5.41, 5.74) is -0.407. The fraction of sp³-hybridized carbons (Fsp3) is 0.917. The second-order valence-electron chi connectivity index (χ2n) is 5.57. The van der Waals surface area contributed by atoms with Crippen molar-refractivity contribution in [2.75, 3.05) is 26.7 Å². The van der Waals surface area contributed by atoms with E-state index in [-0.39, 0.29) is 6.09 Å². The van der Waals surface area contributed by atoms with E-state index in [0.717, 1.165) is 19.6 Å². The molecule has 0 spiro atoms. The molecule has 0 radical (unpaired) electrons. The molecule has 0 aliphatic carbocycles. The van der Waals surface area contributed by atoms with Gasteiger partial charge in [0.15, 0.2) is 0 Å². The number of ether oxygens (including phenoxy) is 1. The predicted molar refractivity (Wildman–Crippen MR) is 64.5 cm³/mol. The molecule has 1 aliphatic heterocycles. The van der Waals surface area contributed by atoms with E-state index in [9.17, 15) is 4.79 Å². The van der Waals surface area contributed by atoms with E-state index in [1.807, 2.05) is 27.8 Å². The van der Waals surface area contributed by atoms with Gasteiger partial charge in [-0.3, -0.25) is 0 Å². The molecule has 4 heteroatoms. The molecule has 16 heavy (non-hydrogen) atoms. The topological polar surface area (TPSA) is 41.6 Å². The van der Waals surface area contributed by atoms with Crippen LogP contribution in [0.3, 0.4) is 0 Å². The largest absolute Gasteiger partial charge is 0.444 e. The minimum Gasteiger partial charge on any atom is -0.444 e. The van der Waals surface area contributed by atoms with Gasteiger partial charge in [0.25, 0.3) is 0 Å². The number of rotatable bonds is 2. The van der Waals surface area contributed by atoms with Gasteiger partial charge in [-0.2, -0.15) is 0 Å². The lowest BCUT2D eigenvalue weighted by atomic mass is 9.99. The summed E-state index contributed by atoms with van der Waals surface area (Å²) < 4.78 is 5.31. The fourth-order valence-electron chi connectivity index (χ4n) is 1.88. The Kier molecular flexibility index (Phi) is 4.59. The van der Waals surface area contributed by atoms with Crippen molar-refractivity contribution in [3.05, 3.63) is 0 Å². The molecule has 4 nitrogen and oxygen atoms in total. The Morgan fingerprint density at radius 2 is 2.19 bits per heavy atom. The molecule has 1 N–H and O–H groups in total. The Balaban J connectivity index is 2.33. The van der Waals surface area contributed by atoms with Crippen molar-refractivity contribution in [2.45, 2.75) is 39.2 Å². The number of hydrogen-bond donors (Lipinski definition) is 1. The number of piperidine rings is 1. The standard InChI is InChI=1S/C12H24N2O2/c1-12(2,3)16-11(15)14(4)9-10-6-5-7-13-8-10/h10,13H,5-9H2,1-4H3. The minimum atomic E-state index is -0.407. The molecule has 94 valence electrons. The number of amides is 1. The average molecular weight is 228 g/mol. The van der Waals surface area contributed by atoms with Gasteiger partial charge in [-0.1, -0.05) is 0 Å². The number of nitrogens with zero attached hydrogens (tertiary/aromatic N) is 1. The van der Waals surface area contributed by atoms with Crippen molar-refractivity contribution in [3.8, 4) is 0 Å². The maximum Gasteiger partial charge on any atom is 0.410 e. The average Bonchev–Trinajstić information content (AvgIpc) is 2.16. The van der Waals surface area contributed by atoms with Gasteiger partial charge in [0.2, 0.25) is 0 Å². The van der Waals surface area contributed by atoms with Crippen LogP contribution in [0, 0.1) is 5.92 Å². The number of carbonyl (C=O) groups is 1. The Hall–Kier alpha value is -0.770. The molecule has 1 unspecified atom stereocenters. The Bertz CT molecular complexity index is 230. The van der Waals surface area contributed by atoms with E-state index in [4.69, 9.17) is 4.74 Å². The van der Waals surface area contributed by atoms with Crippen molar-refractivity contribution in [3.63, 3.8) is 0 Å². The molecule has 1 saturated heterocycles. The first-order valence-electron chi connectivity index (χ1n) is 6.03. The second kappa shape index (κ2) is 5.53. The molecule has 1 atom stereocenters. The second-order valence-corrected chi connectivity index (χ2v) is 5.57. The van der Waals surface area contributed by atoms with Gasteiger partial charge in [0.05, 0.1) is 0 Å². The van der Waals surface area contributed by atoms with Crippen LogP contribution < -0.4 is 5.32 Å². The van der Waals surface area contributed by atoms with E-state index in [1.165, 1.54) is 12.8 Å². The first-order chi connectivity index (χ1) is 7.38. The SMILES string of the molecule is CN(CC1CCCNC1)C(=O)OC(C)(C)C. The zero-order chi connectivity index (χ0) is 12.2. The summed E-state index contributed by atoms with van der Waals surface area (Å²) in [6.45, 7) is 8.56. The van der Waals surface area contributed by atoms with E-state index in [2.05, 4.69) is 5.32 Å². The van der Waals surface area contributed by atoms with E-state index >= 15 is 0 Å². The van der Waals surface area contributed by atoms with Crippen LogP contribution in [0.5, 0.6) is 0 Å². The van der Waals surface area contributed by atoms with Gasteiger partial charge in [0, 0.05) is 13.6 Å². The molecule has 0 aromatic heterocycles. The van der Waals surface area contributed by atoms with Crippen molar-refractivity contribution in [1.29, 1.82) is 0 Å². The van der Waals surface area contributed by atoms with Crippen molar-refractivity contribution >= 4 is 6.09 Å². The Morgan fingerprint density at radius 1 is 1.50 bits per heavy atom. The van der Waals surface area contributed by atoms with Crippen LogP contribution in [0.4, 0.5) is 4.79 Å². The van der Waals surface area contributed by atoms with Gasteiger partial charge >= 0.3 is 6.09 Å². The lowest BCUT2D eigenvalue weighted by molar-refractivity contribution is 0.0266. The molecule has 1 fully saturated rings. The van der Waals surface area contributed by atoms with Crippen LogP contribution in [0.2, 0.25) is 0 Å². The molecule has 0 aromatic carbocycles. The summed E-state index contributed by atoms with van der Waals surface area (Å²) in [6.07, 6.45) is 2.17. The van der Waals surface area contributed by atoms with Crippen molar-refractivity contribution in [2.24, 2.45) is 5.92 Å². The molecule has 1 aliphatic rings. The molecule has 0 bridgehead atoms. The summed E-state index contributed by atoms with van der Waals surface area (Å²) in [5.74, 6) is 0.561. The highest BCUT2D eigenvalue weighted by Crippen LogP contribution is 2.13. The number of nitrogens with one attached hydrogen (secondary N) is 1. The van der Waals surface area contributed by atoms with Crippen LogP contribution in [0.1, 0.15) is 33.6 Å². The van der Waals surface area contributed by atoms with Gasteiger partial charge < -0.3 is 15.0 Å². The normalized spacial score (nSPS) is 21.6. The van der Waals surface area contributed by atoms with E-state index in [1.54, 1.807) is 4.90 Å². The fourth-order valence-corrected chi connectivity index (χ4v) is 1.88. The smallest absolute Gasteiger partial charge is 0.410 e. The molecular formula is C12H24N2O2. The number of hydrogen-bond acceptors (Lipinski definition) is 3. The molecule has 0 aromatic rings. The Labute approximate surface area is 98.3 Å². The summed E-state index contributed by atoms with van der Waals surface area (Å²) in [6, 6.07) is 0. The van der Waals surface area contributed by atoms with Crippen molar-refractivity contribution < 1.29 is 9.53 Å². The number of carbonyl (C=O) groups excluding carboxylic acids is 1. The van der Waals surface area contributed by atoms with Crippen molar-refractivity contribution in [1.82, 2.24) is 10.2 Å². The Morgan fingerprint density at radius 3 is 2.69 bits per heavy atom. The lowest BCUT2D eigenvalue weighted by Gasteiger charge is -2.29. The van der Waals surface area contributed by atoms with Gasteiger partial charge in [-0.25, -0.2) is 4.79 Å². The van der Waals surface area contributed by atoms with Gasteiger partial charge in [-0.05, 0) is 52.6 Å². The first kappa shape index (κ1) is 13.3. The highest BCUT2D eigenvalue weighted by molar-refractivity contribution is 5.67. The van der Waals surface area contributed by atoms with Crippen LogP contribution in [0.15, 0.2) is 0 Å². The summed E-state index contributed by atoms with van der Waals surface area (Å²) in [5, 5.41) is 3.35. The van der Waals surface area contributed by atoms with Gasteiger partial charge in [-0.15, -0.1) is 0 Å². The monoisotopic (exact) mass is 228 g/mol. The lowest BCUT2D eigenvalue weighted by Crippen LogP contribution is -2.41. The van der Waals surface area contributed by atoms with Crippen LogP contribution in [-0.2, 0) is 4.74 Å². The summed E-state index contributed by atoms with van der Waals surface area (Å²) in [7, 11) is 1.81. The first-order valence-corrected chi connectivity index (χ1v) is 6.03. The molecule has 0 saturated carbocycles. The third-order valence-corrected chi connectivity index (χ3v) is 2.64. The quantitative estimate of drug-likeness (QED) is 0.784. The zero-order valence-electron chi connectivity index (χ0n) is 10.9. The highest BCUT2D eigenvalue weighted by atomic mass is 16.6. The summed E-state index contributed by atoms with van der Waals surface area (Å²) >= 11 is 0. The van der Waals surface area contributed by atoms with Gasteiger partial charge in [0.1, 0.15) is 5.60 Å². The van der Waals surface area contributed by atoms with E-state index in [0.29, 0.717) is 5.92 Å². The maximum absolute atomic E-state index is 11.7. The predicted octanol–water partition coefficient (Wildman–Crippen LogP) is 1.85. The maximum atomic E-state index is 11.7. The highest BCUT2D eigenvalue weighted by Gasteiger charge is 2.22. The minimum absolute atomic E-state index is 0.224. The van der Waals surface area contributed by atoms with Crippen LogP contribution in [0.25, 0.3) is 0 Å². The zero-order valence-corrected chi connectivity index (χ0v) is 10.9. The third kappa shape index (κ3) is 4.84. The molecule has 1 heterocycles. The van der Waals surface area contributed by atoms with E-state index < -0.39 is 5.60 Å². The molecule has 1 rings (SSSR count). The molecule has 1 amide bonds.